The third-order valence-corrected chi connectivity index (χ3v) is 2.26. The highest BCUT2D eigenvalue weighted by molar-refractivity contribution is 5.97. The maximum absolute atomic E-state index is 11.6. The van der Waals surface area contributed by atoms with E-state index in [-0.39, 0.29) is 18.7 Å². The van der Waals surface area contributed by atoms with E-state index in [2.05, 4.69) is 0 Å². The fourth-order valence-corrected chi connectivity index (χ4v) is 1.47. The van der Waals surface area contributed by atoms with Gasteiger partial charge < -0.3 is 9.64 Å². The van der Waals surface area contributed by atoms with E-state index in [9.17, 15) is 9.59 Å². The number of anilines is 1. The monoisotopic (exact) mass is 235 g/mol. The van der Waals surface area contributed by atoms with Crippen molar-refractivity contribution in [2.24, 2.45) is 0 Å². The molecule has 1 aromatic carbocycles. The van der Waals surface area contributed by atoms with E-state index >= 15 is 0 Å². The number of para-hydroxylation sites is 1. The lowest BCUT2D eigenvalue weighted by Gasteiger charge is -2.17. The van der Waals surface area contributed by atoms with Crippen LogP contribution in [-0.2, 0) is 14.3 Å². The summed E-state index contributed by atoms with van der Waals surface area (Å²) < 4.78 is 4.72. The van der Waals surface area contributed by atoms with Gasteiger partial charge in [-0.05, 0) is 19.1 Å². The number of benzene rings is 1. The van der Waals surface area contributed by atoms with Gasteiger partial charge in [-0.1, -0.05) is 18.2 Å². The number of hydrogen-bond donors (Lipinski definition) is 0. The van der Waals surface area contributed by atoms with E-state index in [1.54, 1.807) is 6.92 Å². The number of likely N-dealkylation sites (N-methyl/N-ethyl adjacent to an activating group) is 1. The zero-order valence-electron chi connectivity index (χ0n) is 10.2. The molecule has 4 heteroatoms. The molecule has 0 aromatic heterocycles. The number of carbonyl (C=O) groups excluding carboxylic acids is 2. The maximum atomic E-state index is 11.6. The SMILES string of the molecule is CCOC(=O)CC(=O)CN(C)c1ccccc1. The van der Waals surface area contributed by atoms with Gasteiger partial charge >= 0.3 is 5.97 Å². The Kier molecular flexibility index (Phi) is 5.20. The van der Waals surface area contributed by atoms with E-state index in [4.69, 9.17) is 4.74 Å². The Balaban J connectivity index is 2.44. The molecule has 1 aromatic rings. The minimum absolute atomic E-state index is 0.144. The van der Waals surface area contributed by atoms with Crippen molar-refractivity contribution in [2.75, 3.05) is 25.1 Å². The van der Waals surface area contributed by atoms with Gasteiger partial charge in [-0.2, -0.15) is 0 Å². The number of nitrogens with zero attached hydrogens (tertiary/aromatic N) is 1. The molecule has 1 rings (SSSR count). The minimum atomic E-state index is -0.459. The Hall–Kier alpha value is -1.84. The Morgan fingerprint density at radius 1 is 1.24 bits per heavy atom. The summed E-state index contributed by atoms with van der Waals surface area (Å²) in [7, 11) is 1.82. The summed E-state index contributed by atoms with van der Waals surface area (Å²) in [6.45, 7) is 2.24. The minimum Gasteiger partial charge on any atom is -0.466 e. The molecule has 0 unspecified atom stereocenters. The maximum Gasteiger partial charge on any atom is 0.313 e. The van der Waals surface area contributed by atoms with E-state index in [1.165, 1.54) is 0 Å². The second-order valence-electron chi connectivity index (χ2n) is 3.71. The van der Waals surface area contributed by atoms with Gasteiger partial charge in [-0.25, -0.2) is 0 Å². The lowest BCUT2D eigenvalue weighted by atomic mass is 10.2. The largest absolute Gasteiger partial charge is 0.466 e. The summed E-state index contributed by atoms with van der Waals surface area (Å²) in [5.74, 6) is -0.603. The van der Waals surface area contributed by atoms with Gasteiger partial charge in [0.05, 0.1) is 13.2 Å². The van der Waals surface area contributed by atoms with Crippen LogP contribution in [0, 0.1) is 0 Å². The quantitative estimate of drug-likeness (QED) is 0.555. The first-order valence-electron chi connectivity index (χ1n) is 5.57. The van der Waals surface area contributed by atoms with Crippen molar-refractivity contribution >= 4 is 17.4 Å². The highest BCUT2D eigenvalue weighted by atomic mass is 16.5. The molecule has 0 saturated carbocycles. The van der Waals surface area contributed by atoms with Crippen LogP contribution in [0.1, 0.15) is 13.3 Å². The van der Waals surface area contributed by atoms with Crippen LogP contribution in [0.5, 0.6) is 0 Å². The molecule has 0 bridgehead atoms. The zero-order chi connectivity index (χ0) is 12.7. The van der Waals surface area contributed by atoms with Crippen molar-refractivity contribution in [3.05, 3.63) is 30.3 Å². The van der Waals surface area contributed by atoms with Crippen molar-refractivity contribution in [1.29, 1.82) is 0 Å². The first kappa shape index (κ1) is 13.2. The lowest BCUT2D eigenvalue weighted by Crippen LogP contribution is -2.27. The van der Waals surface area contributed by atoms with Crippen molar-refractivity contribution in [1.82, 2.24) is 0 Å². The molecule has 0 spiro atoms. The van der Waals surface area contributed by atoms with Crippen molar-refractivity contribution in [3.63, 3.8) is 0 Å². The molecular formula is C13H17NO3. The molecule has 4 nitrogen and oxygen atoms in total. The summed E-state index contributed by atoms with van der Waals surface area (Å²) in [5.41, 5.74) is 0.949. The Morgan fingerprint density at radius 2 is 1.88 bits per heavy atom. The van der Waals surface area contributed by atoms with Gasteiger partial charge in [0.1, 0.15) is 6.42 Å². The fourth-order valence-electron chi connectivity index (χ4n) is 1.47. The number of ketones is 1. The standard InChI is InChI=1S/C13H17NO3/c1-3-17-13(16)9-12(15)10-14(2)11-7-5-4-6-8-11/h4-8H,3,9-10H2,1-2H3. The van der Waals surface area contributed by atoms with Gasteiger partial charge in [-0.3, -0.25) is 9.59 Å². The topological polar surface area (TPSA) is 46.6 Å². The van der Waals surface area contributed by atoms with Crippen LogP contribution in [0.4, 0.5) is 5.69 Å². The van der Waals surface area contributed by atoms with Crippen LogP contribution in [0.3, 0.4) is 0 Å². The average molecular weight is 235 g/mol. The van der Waals surface area contributed by atoms with Crippen molar-refractivity contribution in [3.8, 4) is 0 Å². The summed E-state index contributed by atoms with van der Waals surface area (Å²) >= 11 is 0. The van der Waals surface area contributed by atoms with Crippen LogP contribution in [0.15, 0.2) is 30.3 Å². The van der Waals surface area contributed by atoms with Crippen molar-refractivity contribution in [2.45, 2.75) is 13.3 Å². The number of esters is 1. The molecular weight excluding hydrogens is 218 g/mol. The van der Waals surface area contributed by atoms with Gasteiger partial charge in [0.15, 0.2) is 5.78 Å². The number of ether oxygens (including phenoxy) is 1. The number of rotatable bonds is 6. The average Bonchev–Trinajstić information content (AvgIpc) is 2.30. The molecule has 17 heavy (non-hydrogen) atoms. The molecule has 0 aliphatic carbocycles. The summed E-state index contributed by atoms with van der Waals surface area (Å²) in [5, 5.41) is 0. The van der Waals surface area contributed by atoms with E-state index in [0.717, 1.165) is 5.69 Å². The van der Waals surface area contributed by atoms with Crippen LogP contribution in [0.25, 0.3) is 0 Å². The Bertz CT molecular complexity index is 376. The molecule has 0 radical (unpaired) electrons. The Labute approximate surface area is 101 Å². The Morgan fingerprint density at radius 3 is 2.47 bits per heavy atom. The molecule has 0 fully saturated rings. The smallest absolute Gasteiger partial charge is 0.313 e. The summed E-state index contributed by atoms with van der Waals surface area (Å²) in [4.78, 5) is 24.5. The van der Waals surface area contributed by atoms with Crippen molar-refractivity contribution < 1.29 is 14.3 Å². The molecule has 0 atom stereocenters. The highest BCUT2D eigenvalue weighted by Gasteiger charge is 2.12. The third-order valence-electron chi connectivity index (χ3n) is 2.26. The van der Waals surface area contributed by atoms with Gasteiger partial charge in [0.25, 0.3) is 0 Å². The molecule has 0 N–H and O–H groups in total. The molecule has 0 heterocycles. The molecule has 0 aliphatic heterocycles. The molecule has 92 valence electrons. The normalized spacial score (nSPS) is 9.76. The highest BCUT2D eigenvalue weighted by Crippen LogP contribution is 2.10. The zero-order valence-corrected chi connectivity index (χ0v) is 10.2. The van der Waals surface area contributed by atoms with Crippen LogP contribution >= 0.6 is 0 Å². The summed E-state index contributed by atoms with van der Waals surface area (Å²) in [6, 6.07) is 9.55. The van der Waals surface area contributed by atoms with Crippen LogP contribution < -0.4 is 4.90 Å². The first-order valence-corrected chi connectivity index (χ1v) is 5.57. The second-order valence-corrected chi connectivity index (χ2v) is 3.71. The second kappa shape index (κ2) is 6.68. The predicted octanol–water partition coefficient (Wildman–Crippen LogP) is 1.65. The molecule has 0 aliphatic rings. The summed E-state index contributed by atoms with van der Waals surface area (Å²) in [6.07, 6.45) is -0.162. The predicted molar refractivity (Wildman–Crippen MR) is 66.0 cm³/mol. The lowest BCUT2D eigenvalue weighted by molar-refractivity contribution is -0.145. The first-order chi connectivity index (χ1) is 8.13. The van der Waals surface area contributed by atoms with Gasteiger partial charge in [0, 0.05) is 12.7 Å². The fraction of sp³-hybridized carbons (Fsp3) is 0.385. The molecule has 0 amide bonds. The van der Waals surface area contributed by atoms with E-state index < -0.39 is 5.97 Å². The number of Topliss-reactive ketones (excluding diaryl/α,β-unsaturated/α-hetero) is 1. The third kappa shape index (κ3) is 4.68. The van der Waals surface area contributed by atoms with Crippen LogP contribution in [0.2, 0.25) is 0 Å². The number of hydrogen-bond acceptors (Lipinski definition) is 4. The van der Waals surface area contributed by atoms with E-state index in [1.807, 2.05) is 42.3 Å². The van der Waals surface area contributed by atoms with Crippen LogP contribution in [-0.4, -0.2) is 32.0 Å². The van der Waals surface area contributed by atoms with E-state index in [0.29, 0.717) is 6.61 Å². The number of carbonyl (C=O) groups is 2. The van der Waals surface area contributed by atoms with Gasteiger partial charge in [0.2, 0.25) is 0 Å². The molecule has 0 saturated heterocycles. The van der Waals surface area contributed by atoms with Gasteiger partial charge in [-0.15, -0.1) is 0 Å².